The maximum Gasteiger partial charge on any atom is 0.295 e. The van der Waals surface area contributed by atoms with Gasteiger partial charge in [0.25, 0.3) is 11.7 Å². The number of likely N-dealkylation sites (tertiary alicyclic amines) is 1. The monoisotopic (exact) mass is 514 g/mol. The molecule has 38 heavy (non-hydrogen) atoms. The van der Waals surface area contributed by atoms with Crippen LogP contribution >= 0.6 is 0 Å². The van der Waals surface area contributed by atoms with E-state index in [2.05, 4.69) is 0 Å². The molecule has 1 fully saturated rings. The normalized spacial score (nSPS) is 16.5. The second-order valence-electron chi connectivity index (χ2n) is 9.36. The van der Waals surface area contributed by atoms with Gasteiger partial charge in [-0.2, -0.15) is 0 Å². The van der Waals surface area contributed by atoms with Crippen molar-refractivity contribution < 1.29 is 24.2 Å². The molecule has 1 saturated heterocycles. The summed E-state index contributed by atoms with van der Waals surface area (Å²) in [5.41, 5.74) is 3.09. The minimum absolute atomic E-state index is 0.0702. The molecule has 7 nitrogen and oxygen atoms in total. The van der Waals surface area contributed by atoms with Crippen molar-refractivity contribution in [2.24, 2.45) is 0 Å². The van der Waals surface area contributed by atoms with Gasteiger partial charge in [0.05, 0.1) is 24.8 Å². The lowest BCUT2D eigenvalue weighted by Crippen LogP contribution is -2.29. The second-order valence-corrected chi connectivity index (χ2v) is 9.36. The highest BCUT2D eigenvalue weighted by atomic mass is 16.5. The molecule has 1 N–H and O–H groups in total. The largest absolute Gasteiger partial charge is 0.507 e. The van der Waals surface area contributed by atoms with Crippen LogP contribution in [0.15, 0.2) is 78.4 Å². The first-order valence-electron chi connectivity index (χ1n) is 12.8. The Hall–Kier alpha value is -4.26. The topological polar surface area (TPSA) is 79.3 Å². The third-order valence-electron chi connectivity index (χ3n) is 6.45. The highest BCUT2D eigenvalue weighted by Gasteiger charge is 2.46. The Morgan fingerprint density at radius 3 is 2.05 bits per heavy atom. The number of anilines is 1. The number of carbonyl (C=O) groups excluding carboxylic acids is 2. The van der Waals surface area contributed by atoms with E-state index in [9.17, 15) is 14.7 Å². The second kappa shape index (κ2) is 11.9. The molecule has 0 aliphatic carbocycles. The first kappa shape index (κ1) is 26.8. The Morgan fingerprint density at radius 2 is 1.47 bits per heavy atom. The first-order chi connectivity index (χ1) is 18.3. The van der Waals surface area contributed by atoms with Crippen LogP contribution < -0.4 is 14.4 Å². The number of benzene rings is 3. The van der Waals surface area contributed by atoms with Gasteiger partial charge in [0.15, 0.2) is 0 Å². The molecular weight excluding hydrogens is 480 g/mol. The molecule has 4 rings (SSSR count). The lowest BCUT2D eigenvalue weighted by Gasteiger charge is -2.26. The van der Waals surface area contributed by atoms with Crippen molar-refractivity contribution in [2.75, 3.05) is 32.2 Å². The van der Waals surface area contributed by atoms with E-state index in [1.807, 2.05) is 81.4 Å². The molecule has 198 valence electrons. The number of carbonyl (C=O) groups is 2. The molecular formula is C31H34N2O5. The van der Waals surface area contributed by atoms with Gasteiger partial charge in [0, 0.05) is 31.9 Å². The number of Topliss-reactive ketones (excluding diaryl/α,β-unsaturated/α-hetero) is 1. The van der Waals surface area contributed by atoms with Gasteiger partial charge in [0.2, 0.25) is 0 Å². The van der Waals surface area contributed by atoms with Crippen LogP contribution in [0.25, 0.3) is 5.76 Å². The molecule has 1 atom stereocenters. The summed E-state index contributed by atoms with van der Waals surface area (Å²) in [7, 11) is 3.89. The lowest BCUT2D eigenvalue weighted by atomic mass is 9.95. The molecule has 3 aromatic rings. The first-order valence-corrected chi connectivity index (χ1v) is 12.8. The van der Waals surface area contributed by atoms with Crippen LogP contribution in [0.5, 0.6) is 11.5 Å². The summed E-state index contributed by atoms with van der Waals surface area (Å²) in [6.45, 7) is 5.30. The maximum atomic E-state index is 13.4. The van der Waals surface area contributed by atoms with Crippen molar-refractivity contribution in [2.45, 2.75) is 32.9 Å². The molecule has 7 heteroatoms. The number of amides is 1. The van der Waals surface area contributed by atoms with Gasteiger partial charge in [-0.3, -0.25) is 9.59 Å². The van der Waals surface area contributed by atoms with E-state index >= 15 is 0 Å². The van der Waals surface area contributed by atoms with Crippen molar-refractivity contribution in [3.05, 3.63) is 95.1 Å². The zero-order valence-electron chi connectivity index (χ0n) is 22.3. The summed E-state index contributed by atoms with van der Waals surface area (Å²) in [4.78, 5) is 30.2. The van der Waals surface area contributed by atoms with E-state index in [0.717, 1.165) is 29.0 Å². The molecule has 0 aromatic heterocycles. The number of ether oxygens (including phenoxy) is 2. The summed E-state index contributed by atoms with van der Waals surface area (Å²) in [6.07, 6.45) is 0.881. The zero-order valence-corrected chi connectivity index (χ0v) is 22.3. The fourth-order valence-electron chi connectivity index (χ4n) is 4.48. The third kappa shape index (κ3) is 5.67. The highest BCUT2D eigenvalue weighted by Crippen LogP contribution is 2.41. The average Bonchev–Trinajstić information content (AvgIpc) is 3.18. The van der Waals surface area contributed by atoms with E-state index in [1.54, 1.807) is 24.3 Å². The molecule has 0 bridgehead atoms. The fraction of sp³-hybridized carbons (Fsp3) is 0.290. The molecule has 0 saturated carbocycles. The predicted octanol–water partition coefficient (Wildman–Crippen LogP) is 5.56. The standard InChI is InChI=1S/C31H34N2O5/c1-5-19-38-26-17-11-23(12-18-26)29(34)27-28(22-9-13-24(14-10-22)32(3)4)33(31(36)30(27)35)20-21-7-15-25(16-8-21)37-6-2/h7-18,28,34H,5-6,19-20H2,1-4H3/b29-27-. The van der Waals surface area contributed by atoms with Crippen LogP contribution in [0.3, 0.4) is 0 Å². The summed E-state index contributed by atoms with van der Waals surface area (Å²) >= 11 is 0. The number of hydrogen-bond acceptors (Lipinski definition) is 6. The smallest absolute Gasteiger partial charge is 0.295 e. The van der Waals surface area contributed by atoms with E-state index in [4.69, 9.17) is 9.47 Å². The Balaban J connectivity index is 1.75. The molecule has 0 spiro atoms. The van der Waals surface area contributed by atoms with Crippen LogP contribution in [0.2, 0.25) is 0 Å². The van der Waals surface area contributed by atoms with Crippen molar-refractivity contribution in [3.63, 3.8) is 0 Å². The third-order valence-corrected chi connectivity index (χ3v) is 6.45. The zero-order chi connectivity index (χ0) is 27.2. The van der Waals surface area contributed by atoms with Crippen LogP contribution in [0, 0.1) is 0 Å². The Bertz CT molecular complexity index is 1300. The maximum absolute atomic E-state index is 13.4. The predicted molar refractivity (Wildman–Crippen MR) is 148 cm³/mol. The Kier molecular flexibility index (Phi) is 8.36. The van der Waals surface area contributed by atoms with E-state index < -0.39 is 17.7 Å². The van der Waals surface area contributed by atoms with Crippen LogP contribution in [0.4, 0.5) is 5.69 Å². The SMILES string of the molecule is CCCOc1ccc(/C(O)=C2/C(=O)C(=O)N(Cc3ccc(OCC)cc3)C2c2ccc(N(C)C)cc2)cc1. The Labute approximate surface area is 223 Å². The van der Waals surface area contributed by atoms with Crippen LogP contribution in [0.1, 0.15) is 43.0 Å². The van der Waals surface area contributed by atoms with Crippen molar-refractivity contribution in [1.29, 1.82) is 0 Å². The molecule has 1 unspecified atom stereocenters. The highest BCUT2D eigenvalue weighted by molar-refractivity contribution is 6.46. The molecule has 1 heterocycles. The van der Waals surface area contributed by atoms with E-state index in [-0.39, 0.29) is 17.9 Å². The summed E-state index contributed by atoms with van der Waals surface area (Å²) in [6, 6.07) is 21.3. The van der Waals surface area contributed by atoms with Crippen LogP contribution in [-0.2, 0) is 16.1 Å². The Morgan fingerprint density at radius 1 is 0.868 bits per heavy atom. The van der Waals surface area contributed by atoms with Gasteiger partial charge in [-0.1, -0.05) is 31.2 Å². The van der Waals surface area contributed by atoms with E-state index in [1.165, 1.54) is 4.90 Å². The fourth-order valence-corrected chi connectivity index (χ4v) is 4.48. The number of aliphatic hydroxyl groups is 1. The summed E-state index contributed by atoms with van der Waals surface area (Å²) in [5.74, 6) is -0.150. The number of aliphatic hydroxyl groups excluding tert-OH is 1. The summed E-state index contributed by atoms with van der Waals surface area (Å²) < 4.78 is 11.2. The number of rotatable bonds is 10. The number of hydrogen-bond donors (Lipinski definition) is 1. The molecule has 1 aliphatic heterocycles. The van der Waals surface area contributed by atoms with Crippen molar-refractivity contribution in [1.82, 2.24) is 4.90 Å². The molecule has 1 amide bonds. The van der Waals surface area contributed by atoms with Gasteiger partial charge in [-0.05, 0) is 73.0 Å². The van der Waals surface area contributed by atoms with Crippen molar-refractivity contribution in [3.8, 4) is 11.5 Å². The lowest BCUT2D eigenvalue weighted by molar-refractivity contribution is -0.140. The summed E-state index contributed by atoms with van der Waals surface area (Å²) in [5, 5.41) is 11.3. The molecule has 1 aliphatic rings. The number of ketones is 1. The quantitative estimate of drug-likeness (QED) is 0.217. The van der Waals surface area contributed by atoms with Crippen molar-refractivity contribution >= 4 is 23.1 Å². The minimum atomic E-state index is -0.742. The molecule has 0 radical (unpaired) electrons. The average molecular weight is 515 g/mol. The van der Waals surface area contributed by atoms with Gasteiger partial charge in [-0.25, -0.2) is 0 Å². The molecule has 3 aromatic carbocycles. The van der Waals surface area contributed by atoms with E-state index in [0.29, 0.717) is 24.5 Å². The minimum Gasteiger partial charge on any atom is -0.507 e. The van der Waals surface area contributed by atoms with Gasteiger partial charge in [0.1, 0.15) is 17.3 Å². The van der Waals surface area contributed by atoms with Crippen LogP contribution in [-0.4, -0.2) is 49.0 Å². The number of nitrogens with zero attached hydrogens (tertiary/aromatic N) is 2. The van der Waals surface area contributed by atoms with Gasteiger partial charge < -0.3 is 24.4 Å². The van der Waals surface area contributed by atoms with Gasteiger partial charge >= 0.3 is 0 Å². The van der Waals surface area contributed by atoms with Gasteiger partial charge in [-0.15, -0.1) is 0 Å².